The molecule has 0 amide bonds. The van der Waals surface area contributed by atoms with Crippen LogP contribution in [0.15, 0.2) is 16.2 Å². The fourth-order valence-corrected chi connectivity index (χ4v) is 4.75. The van der Waals surface area contributed by atoms with Gasteiger partial charge in [-0.2, -0.15) is 5.10 Å². The second-order valence-corrected chi connectivity index (χ2v) is 8.82. The Morgan fingerprint density at radius 2 is 1.87 bits per heavy atom. The van der Waals surface area contributed by atoms with Gasteiger partial charge in [-0.05, 0) is 89.0 Å². The van der Waals surface area contributed by atoms with Crippen molar-refractivity contribution < 1.29 is 5.11 Å². The fraction of sp³-hybridized carbons (Fsp3) is 0.850. The molecule has 2 unspecified atom stereocenters. The van der Waals surface area contributed by atoms with Gasteiger partial charge in [0, 0.05) is 13.1 Å². The lowest BCUT2D eigenvalue weighted by Gasteiger charge is -2.47. The Morgan fingerprint density at radius 3 is 2.52 bits per heavy atom. The van der Waals surface area contributed by atoms with E-state index in [2.05, 4.69) is 18.9 Å². The predicted octanol–water partition coefficient (Wildman–Crippen LogP) is 4.52. The Kier molecular flexibility index (Phi) is 4.61. The van der Waals surface area contributed by atoms with E-state index in [0.717, 1.165) is 32.4 Å². The van der Waals surface area contributed by atoms with E-state index in [0.29, 0.717) is 11.3 Å². The normalized spacial score (nSPS) is 34.7. The van der Waals surface area contributed by atoms with E-state index in [9.17, 15) is 5.11 Å². The van der Waals surface area contributed by atoms with Gasteiger partial charge in [0.2, 0.25) is 0 Å². The zero-order valence-electron chi connectivity index (χ0n) is 15.5. The molecule has 0 bridgehead atoms. The number of hydrogen-bond acceptors (Lipinski definition) is 3. The smallest absolute Gasteiger partial charge is 0.0634 e. The highest BCUT2D eigenvalue weighted by atomic mass is 16.3. The van der Waals surface area contributed by atoms with Crippen LogP contribution in [0.1, 0.15) is 79.1 Å². The number of hydrazone groups is 1. The maximum atomic E-state index is 10.5. The van der Waals surface area contributed by atoms with Crippen LogP contribution in [-0.4, -0.2) is 34.5 Å². The second-order valence-electron chi connectivity index (χ2n) is 8.82. The van der Waals surface area contributed by atoms with Gasteiger partial charge in [0.15, 0.2) is 0 Å². The van der Waals surface area contributed by atoms with Gasteiger partial charge in [-0.15, -0.1) is 0 Å². The molecule has 0 aromatic carbocycles. The largest absolute Gasteiger partial charge is 0.390 e. The second kappa shape index (κ2) is 6.23. The number of piperidine rings is 1. The van der Waals surface area contributed by atoms with Crippen LogP contribution in [0.2, 0.25) is 0 Å². The monoisotopic (exact) mass is 318 g/mol. The van der Waals surface area contributed by atoms with Crippen molar-refractivity contribution in [2.75, 3.05) is 13.1 Å². The van der Waals surface area contributed by atoms with Crippen molar-refractivity contribution in [3.63, 3.8) is 0 Å². The molecule has 0 spiro atoms. The van der Waals surface area contributed by atoms with Gasteiger partial charge in [0.05, 0.1) is 11.3 Å². The summed E-state index contributed by atoms with van der Waals surface area (Å²) in [5.41, 5.74) is 4.09. The third-order valence-electron chi connectivity index (χ3n) is 6.62. The van der Waals surface area contributed by atoms with E-state index in [1.54, 1.807) is 5.57 Å². The van der Waals surface area contributed by atoms with Gasteiger partial charge in [0.25, 0.3) is 0 Å². The highest BCUT2D eigenvalue weighted by Crippen LogP contribution is 2.52. The Labute approximate surface area is 141 Å². The molecule has 23 heavy (non-hydrogen) atoms. The summed E-state index contributed by atoms with van der Waals surface area (Å²) in [6.07, 6.45) is 9.68. The maximum absolute atomic E-state index is 10.5. The highest BCUT2D eigenvalue weighted by molar-refractivity contribution is 6.01. The van der Waals surface area contributed by atoms with Crippen LogP contribution in [0.25, 0.3) is 0 Å². The quantitative estimate of drug-likeness (QED) is 0.813. The molecule has 0 aromatic rings. The van der Waals surface area contributed by atoms with Gasteiger partial charge in [-0.25, -0.2) is 0 Å². The summed E-state index contributed by atoms with van der Waals surface area (Å²) in [5, 5.41) is 17.8. The van der Waals surface area contributed by atoms with Crippen molar-refractivity contribution in [1.82, 2.24) is 5.01 Å². The Morgan fingerprint density at radius 1 is 1.17 bits per heavy atom. The molecule has 130 valence electrons. The van der Waals surface area contributed by atoms with Crippen molar-refractivity contribution in [3.8, 4) is 0 Å². The standard InChI is InChI=1S/C20H34N2O/c1-15-17-14-16(19(2,3)23)8-10-20(17,4)11-9-18(15)21-22-12-6-5-7-13-22/h16,23H,5-14H2,1-4H3. The molecule has 1 N–H and O–H groups in total. The molecular weight excluding hydrogens is 284 g/mol. The SMILES string of the molecule is CC1=C2CC(C(C)(C)O)CCC2(C)CCC1=NN1CCCCC1. The Bertz CT molecular complexity index is 508. The van der Waals surface area contributed by atoms with Gasteiger partial charge >= 0.3 is 0 Å². The van der Waals surface area contributed by atoms with E-state index in [1.807, 2.05) is 13.8 Å². The lowest BCUT2D eigenvalue weighted by Crippen LogP contribution is -2.40. The third-order valence-corrected chi connectivity index (χ3v) is 6.62. The molecule has 3 nitrogen and oxygen atoms in total. The van der Waals surface area contributed by atoms with Crippen LogP contribution in [-0.2, 0) is 0 Å². The summed E-state index contributed by atoms with van der Waals surface area (Å²) < 4.78 is 0. The fourth-order valence-electron chi connectivity index (χ4n) is 4.75. The summed E-state index contributed by atoms with van der Waals surface area (Å²) in [7, 11) is 0. The molecule has 1 saturated heterocycles. The third kappa shape index (κ3) is 3.50. The zero-order valence-corrected chi connectivity index (χ0v) is 15.5. The molecule has 0 aromatic heterocycles. The van der Waals surface area contributed by atoms with E-state index >= 15 is 0 Å². The summed E-state index contributed by atoms with van der Waals surface area (Å²) in [4.78, 5) is 0. The molecule has 0 radical (unpaired) electrons. The molecular formula is C20H34N2O. The lowest BCUT2D eigenvalue weighted by molar-refractivity contribution is -0.00354. The van der Waals surface area contributed by atoms with Crippen molar-refractivity contribution in [3.05, 3.63) is 11.1 Å². The molecule has 1 heterocycles. The van der Waals surface area contributed by atoms with Gasteiger partial charge in [-0.1, -0.05) is 12.5 Å². The summed E-state index contributed by atoms with van der Waals surface area (Å²) in [6.45, 7) is 10.9. The van der Waals surface area contributed by atoms with Crippen LogP contribution >= 0.6 is 0 Å². The Balaban J connectivity index is 1.86. The molecule has 2 aliphatic carbocycles. The molecule has 3 heteroatoms. The number of nitrogens with zero attached hydrogens (tertiary/aromatic N) is 2. The molecule has 3 rings (SSSR count). The van der Waals surface area contributed by atoms with Crippen LogP contribution in [0, 0.1) is 11.3 Å². The molecule has 2 fully saturated rings. The molecule has 3 aliphatic rings. The van der Waals surface area contributed by atoms with Crippen molar-refractivity contribution in [2.45, 2.75) is 84.7 Å². The number of allylic oxidation sites excluding steroid dienone is 2. The predicted molar refractivity (Wildman–Crippen MR) is 96.5 cm³/mol. The first-order valence-electron chi connectivity index (χ1n) is 9.55. The minimum atomic E-state index is -0.573. The number of fused-ring (bicyclic) bond motifs is 1. The first kappa shape index (κ1) is 17.0. The van der Waals surface area contributed by atoms with E-state index < -0.39 is 5.60 Å². The lowest BCUT2D eigenvalue weighted by atomic mass is 9.59. The average molecular weight is 319 g/mol. The van der Waals surface area contributed by atoms with Crippen LogP contribution in [0.5, 0.6) is 0 Å². The number of rotatable bonds is 2. The average Bonchev–Trinajstić information content (AvgIpc) is 2.50. The van der Waals surface area contributed by atoms with Gasteiger partial charge in [0.1, 0.15) is 0 Å². The minimum Gasteiger partial charge on any atom is -0.390 e. The van der Waals surface area contributed by atoms with Gasteiger partial charge in [-0.3, -0.25) is 5.01 Å². The summed E-state index contributed by atoms with van der Waals surface area (Å²) in [6, 6.07) is 0. The number of hydrogen-bond donors (Lipinski definition) is 1. The van der Waals surface area contributed by atoms with E-state index in [1.165, 1.54) is 43.4 Å². The van der Waals surface area contributed by atoms with Crippen LogP contribution in [0.4, 0.5) is 0 Å². The first-order valence-corrected chi connectivity index (χ1v) is 9.55. The zero-order chi connectivity index (χ0) is 16.7. The van der Waals surface area contributed by atoms with Crippen molar-refractivity contribution >= 4 is 5.71 Å². The van der Waals surface area contributed by atoms with E-state index in [-0.39, 0.29) is 0 Å². The highest BCUT2D eigenvalue weighted by Gasteiger charge is 2.43. The topological polar surface area (TPSA) is 35.8 Å². The van der Waals surface area contributed by atoms with Crippen molar-refractivity contribution in [2.24, 2.45) is 16.4 Å². The summed E-state index contributed by atoms with van der Waals surface area (Å²) >= 11 is 0. The van der Waals surface area contributed by atoms with Crippen LogP contribution in [0.3, 0.4) is 0 Å². The molecule has 2 atom stereocenters. The van der Waals surface area contributed by atoms with E-state index in [4.69, 9.17) is 5.10 Å². The molecule has 1 aliphatic heterocycles. The minimum absolute atomic E-state index is 0.340. The van der Waals surface area contributed by atoms with Crippen molar-refractivity contribution in [1.29, 1.82) is 0 Å². The first-order chi connectivity index (χ1) is 10.8. The summed E-state index contributed by atoms with van der Waals surface area (Å²) in [5.74, 6) is 0.384. The number of aliphatic hydroxyl groups is 1. The molecule has 1 saturated carbocycles. The van der Waals surface area contributed by atoms with Gasteiger partial charge < -0.3 is 5.11 Å². The Hall–Kier alpha value is -0.830. The maximum Gasteiger partial charge on any atom is 0.0634 e. The van der Waals surface area contributed by atoms with Crippen LogP contribution < -0.4 is 0 Å².